The first-order valence-electron chi connectivity index (χ1n) is 10.1. The number of phenols is 1. The molecule has 31 heavy (non-hydrogen) atoms. The van der Waals surface area contributed by atoms with Crippen molar-refractivity contribution in [1.29, 1.82) is 0 Å². The highest BCUT2D eigenvalue weighted by molar-refractivity contribution is 6.46. The van der Waals surface area contributed by atoms with Gasteiger partial charge in [0.25, 0.3) is 11.7 Å². The van der Waals surface area contributed by atoms with Crippen molar-refractivity contribution in [3.63, 3.8) is 0 Å². The van der Waals surface area contributed by atoms with Crippen molar-refractivity contribution < 1.29 is 29.3 Å². The number of rotatable bonds is 7. The summed E-state index contributed by atoms with van der Waals surface area (Å²) >= 11 is 0. The minimum atomic E-state index is -0.838. The molecule has 2 N–H and O–H groups in total. The lowest BCUT2D eigenvalue weighted by atomic mass is 9.93. The maximum absolute atomic E-state index is 13.0. The fraction of sp³-hybridized carbons (Fsp3) is 0.333. The van der Waals surface area contributed by atoms with E-state index in [0.717, 1.165) is 11.1 Å². The van der Waals surface area contributed by atoms with E-state index in [1.807, 2.05) is 26.0 Å². The molecule has 1 atom stereocenters. The SMILES string of the molecule is CCOc1cc(C2/C(=C(\O)c3cc(C)ccc3C)C(=O)C(=O)N2CCOC)ccc1O. The van der Waals surface area contributed by atoms with Gasteiger partial charge in [0.2, 0.25) is 0 Å². The predicted octanol–water partition coefficient (Wildman–Crippen LogP) is 3.48. The summed E-state index contributed by atoms with van der Waals surface area (Å²) in [7, 11) is 1.51. The van der Waals surface area contributed by atoms with Crippen LogP contribution in [0.4, 0.5) is 0 Å². The summed E-state index contributed by atoms with van der Waals surface area (Å²) in [5, 5.41) is 21.3. The number of aryl methyl sites for hydroxylation is 2. The van der Waals surface area contributed by atoms with E-state index >= 15 is 0 Å². The van der Waals surface area contributed by atoms with Crippen LogP contribution in [0, 0.1) is 13.8 Å². The largest absolute Gasteiger partial charge is 0.507 e. The van der Waals surface area contributed by atoms with Gasteiger partial charge < -0.3 is 24.6 Å². The van der Waals surface area contributed by atoms with Crippen molar-refractivity contribution >= 4 is 17.4 Å². The van der Waals surface area contributed by atoms with Gasteiger partial charge in [-0.15, -0.1) is 0 Å². The van der Waals surface area contributed by atoms with Crippen molar-refractivity contribution in [2.24, 2.45) is 0 Å². The first kappa shape index (κ1) is 22.4. The second kappa shape index (κ2) is 9.22. The highest BCUT2D eigenvalue weighted by Crippen LogP contribution is 2.42. The number of nitrogens with zero attached hydrogens (tertiary/aromatic N) is 1. The van der Waals surface area contributed by atoms with Crippen LogP contribution < -0.4 is 4.74 Å². The van der Waals surface area contributed by atoms with Gasteiger partial charge in [-0.2, -0.15) is 0 Å². The molecule has 0 radical (unpaired) electrons. The summed E-state index contributed by atoms with van der Waals surface area (Å²) in [6.45, 7) is 6.24. The molecule has 3 rings (SSSR count). The van der Waals surface area contributed by atoms with Gasteiger partial charge >= 0.3 is 0 Å². The maximum atomic E-state index is 13.0. The van der Waals surface area contributed by atoms with Crippen LogP contribution >= 0.6 is 0 Å². The number of Topliss-reactive ketones (excluding diaryl/α,β-unsaturated/α-hetero) is 1. The summed E-state index contributed by atoms with van der Waals surface area (Å²) in [6, 6.07) is 9.37. The molecule has 1 aliphatic heterocycles. The Bertz CT molecular complexity index is 1040. The molecule has 7 heteroatoms. The molecule has 0 spiro atoms. The van der Waals surface area contributed by atoms with E-state index in [2.05, 4.69) is 0 Å². The highest BCUT2D eigenvalue weighted by atomic mass is 16.5. The number of aliphatic hydroxyl groups is 1. The van der Waals surface area contributed by atoms with Gasteiger partial charge in [-0.1, -0.05) is 23.8 Å². The highest BCUT2D eigenvalue weighted by Gasteiger charge is 2.46. The van der Waals surface area contributed by atoms with Crippen molar-refractivity contribution in [3.05, 3.63) is 64.2 Å². The summed E-state index contributed by atoms with van der Waals surface area (Å²) in [6.07, 6.45) is 0. The summed E-state index contributed by atoms with van der Waals surface area (Å²) in [5.41, 5.74) is 2.75. The second-order valence-corrected chi connectivity index (χ2v) is 7.46. The summed E-state index contributed by atoms with van der Waals surface area (Å²) in [4.78, 5) is 27.3. The Labute approximate surface area is 181 Å². The second-order valence-electron chi connectivity index (χ2n) is 7.46. The number of aromatic hydroxyl groups is 1. The lowest BCUT2D eigenvalue weighted by Crippen LogP contribution is -2.32. The van der Waals surface area contributed by atoms with E-state index in [1.54, 1.807) is 25.1 Å². The van der Waals surface area contributed by atoms with Crippen LogP contribution in [0.1, 0.15) is 35.2 Å². The van der Waals surface area contributed by atoms with Crippen LogP contribution in [0.2, 0.25) is 0 Å². The third kappa shape index (κ3) is 4.27. The van der Waals surface area contributed by atoms with Gasteiger partial charge in [0.1, 0.15) is 5.76 Å². The van der Waals surface area contributed by atoms with Gasteiger partial charge in [0.15, 0.2) is 11.5 Å². The number of ketones is 1. The molecule has 1 heterocycles. The maximum Gasteiger partial charge on any atom is 0.295 e. The van der Waals surface area contributed by atoms with Crippen molar-refractivity contribution in [3.8, 4) is 11.5 Å². The fourth-order valence-electron chi connectivity index (χ4n) is 3.75. The molecule has 1 unspecified atom stereocenters. The van der Waals surface area contributed by atoms with Crippen molar-refractivity contribution in [2.45, 2.75) is 26.8 Å². The lowest BCUT2D eigenvalue weighted by Gasteiger charge is -2.25. The molecule has 0 aliphatic carbocycles. The number of benzene rings is 2. The third-order valence-electron chi connectivity index (χ3n) is 5.32. The van der Waals surface area contributed by atoms with Gasteiger partial charge in [0.05, 0.1) is 24.8 Å². The first-order valence-corrected chi connectivity index (χ1v) is 10.1. The van der Waals surface area contributed by atoms with E-state index < -0.39 is 17.7 Å². The Hall–Kier alpha value is -3.32. The molecule has 7 nitrogen and oxygen atoms in total. The van der Waals surface area contributed by atoms with Crippen LogP contribution in [-0.2, 0) is 14.3 Å². The number of methoxy groups -OCH3 is 1. The van der Waals surface area contributed by atoms with Gasteiger partial charge in [-0.3, -0.25) is 9.59 Å². The monoisotopic (exact) mass is 425 g/mol. The summed E-state index contributed by atoms with van der Waals surface area (Å²) in [5.74, 6) is -1.50. The molecule has 1 fully saturated rings. The normalized spacial score (nSPS) is 17.9. The number of carbonyl (C=O) groups is 2. The zero-order valence-corrected chi connectivity index (χ0v) is 18.1. The summed E-state index contributed by atoms with van der Waals surface area (Å²) < 4.78 is 10.6. The predicted molar refractivity (Wildman–Crippen MR) is 116 cm³/mol. The van der Waals surface area contributed by atoms with Gasteiger partial charge in [0, 0.05) is 19.2 Å². The topological polar surface area (TPSA) is 96.3 Å². The molecule has 0 aromatic heterocycles. The minimum absolute atomic E-state index is 0.00272. The Morgan fingerprint density at radius 2 is 1.87 bits per heavy atom. The lowest BCUT2D eigenvalue weighted by molar-refractivity contribution is -0.140. The van der Waals surface area contributed by atoms with Gasteiger partial charge in [-0.25, -0.2) is 0 Å². The van der Waals surface area contributed by atoms with Crippen LogP contribution in [0.5, 0.6) is 11.5 Å². The zero-order chi connectivity index (χ0) is 22.7. The standard InChI is InChI=1S/C24H27NO6/c1-5-31-19-13-16(8-9-18(19)26)21-20(23(28)24(29)25(21)10-11-30-4)22(27)17-12-14(2)6-7-15(17)3/h6-9,12-13,21,26-27H,5,10-11H2,1-4H3/b22-20+. The van der Waals surface area contributed by atoms with Crippen LogP contribution in [-0.4, -0.2) is 53.7 Å². The van der Waals surface area contributed by atoms with E-state index in [4.69, 9.17) is 9.47 Å². The Kier molecular flexibility index (Phi) is 6.65. The molecule has 2 aromatic rings. The molecule has 1 aliphatic rings. The number of likely N-dealkylation sites (tertiary alicyclic amines) is 1. The average molecular weight is 425 g/mol. The Balaban J connectivity index is 2.23. The number of carbonyl (C=O) groups excluding carboxylic acids is 2. The van der Waals surface area contributed by atoms with Crippen LogP contribution in [0.25, 0.3) is 5.76 Å². The van der Waals surface area contributed by atoms with Gasteiger partial charge in [-0.05, 0) is 50.1 Å². The first-order chi connectivity index (χ1) is 14.8. The minimum Gasteiger partial charge on any atom is -0.507 e. The molecule has 1 amide bonds. The number of ether oxygens (including phenoxy) is 2. The molecule has 2 aromatic carbocycles. The van der Waals surface area contributed by atoms with Crippen LogP contribution in [0.3, 0.4) is 0 Å². The number of phenolic OH excluding ortho intramolecular Hbond substituents is 1. The molecular weight excluding hydrogens is 398 g/mol. The quantitative estimate of drug-likeness (QED) is 0.401. The number of aliphatic hydroxyl groups excluding tert-OH is 1. The number of hydrogen-bond donors (Lipinski definition) is 2. The van der Waals surface area contributed by atoms with E-state index in [0.29, 0.717) is 17.7 Å². The van der Waals surface area contributed by atoms with Crippen LogP contribution in [0.15, 0.2) is 42.0 Å². The smallest absolute Gasteiger partial charge is 0.295 e. The average Bonchev–Trinajstić information content (AvgIpc) is 3.00. The van der Waals surface area contributed by atoms with Crippen molar-refractivity contribution in [1.82, 2.24) is 4.90 Å². The third-order valence-corrected chi connectivity index (χ3v) is 5.32. The van der Waals surface area contributed by atoms with E-state index in [1.165, 1.54) is 18.1 Å². The molecule has 164 valence electrons. The molecule has 0 bridgehead atoms. The fourth-order valence-corrected chi connectivity index (χ4v) is 3.75. The molecule has 1 saturated heterocycles. The van der Waals surface area contributed by atoms with E-state index in [9.17, 15) is 19.8 Å². The molecular formula is C24H27NO6. The molecule has 0 saturated carbocycles. The van der Waals surface area contributed by atoms with E-state index in [-0.39, 0.29) is 36.0 Å². The van der Waals surface area contributed by atoms with Crippen molar-refractivity contribution in [2.75, 3.05) is 26.9 Å². The zero-order valence-electron chi connectivity index (χ0n) is 18.1. The number of amides is 1. The Morgan fingerprint density at radius 3 is 2.55 bits per heavy atom. The Morgan fingerprint density at radius 1 is 1.13 bits per heavy atom. The number of hydrogen-bond acceptors (Lipinski definition) is 6.